The van der Waals surface area contributed by atoms with Gasteiger partial charge in [0.1, 0.15) is 0 Å². The third kappa shape index (κ3) is 2.03. The van der Waals surface area contributed by atoms with Crippen molar-refractivity contribution in [1.29, 1.82) is 0 Å². The fourth-order valence-electron chi connectivity index (χ4n) is 1.19. The third-order valence-corrected chi connectivity index (χ3v) is 4.50. The molecule has 0 radical (unpaired) electrons. The van der Waals surface area contributed by atoms with Gasteiger partial charge >= 0.3 is 0 Å². The average molecular weight is 180 g/mol. The molecule has 3 heteroatoms. The molecule has 0 aliphatic heterocycles. The van der Waals surface area contributed by atoms with Crippen molar-refractivity contribution >= 4 is 34.5 Å². The summed E-state index contributed by atoms with van der Waals surface area (Å²) in [5, 5.41) is 1.01. The van der Waals surface area contributed by atoms with E-state index in [2.05, 4.69) is 34.5 Å². The highest BCUT2D eigenvalue weighted by Gasteiger charge is 2.24. The summed E-state index contributed by atoms with van der Waals surface area (Å²) in [7, 11) is 2.84. The van der Waals surface area contributed by atoms with Gasteiger partial charge in [-0.25, -0.2) is 0 Å². The van der Waals surface area contributed by atoms with Crippen LogP contribution in [0.1, 0.15) is 19.3 Å². The number of hydrogen-bond acceptors (Lipinski definition) is 2. The van der Waals surface area contributed by atoms with Crippen molar-refractivity contribution in [2.24, 2.45) is 0 Å². The molecule has 1 aliphatic rings. The Morgan fingerprint density at radius 2 is 1.89 bits per heavy atom. The molecule has 0 spiro atoms. The lowest BCUT2D eigenvalue weighted by Crippen LogP contribution is -2.29. The first-order valence-corrected chi connectivity index (χ1v) is 5.03. The summed E-state index contributed by atoms with van der Waals surface area (Å²) in [6.07, 6.45) is 3.86. The number of thiol groups is 2. The van der Waals surface area contributed by atoms with E-state index in [4.69, 9.17) is 0 Å². The van der Waals surface area contributed by atoms with Crippen LogP contribution in [0.3, 0.4) is 0 Å². The van der Waals surface area contributed by atoms with Gasteiger partial charge in [0.2, 0.25) is 0 Å². The first-order valence-electron chi connectivity index (χ1n) is 3.33. The number of rotatable bonds is 0. The van der Waals surface area contributed by atoms with Crippen LogP contribution in [0.15, 0.2) is 0 Å². The molecule has 0 aromatic rings. The standard InChI is InChI=1S/C6H13PS2/c7-4-2-1-3-5(8)6(4)9/h4-6,8-9H,1-3,7H2. The van der Waals surface area contributed by atoms with Crippen LogP contribution in [-0.4, -0.2) is 16.2 Å². The predicted octanol–water partition coefficient (Wildman–Crippen LogP) is 2.01. The first kappa shape index (κ1) is 8.23. The average Bonchev–Trinajstić information content (AvgIpc) is 1.83. The molecular formula is C6H13PS2. The molecule has 9 heavy (non-hydrogen) atoms. The lowest BCUT2D eigenvalue weighted by molar-refractivity contribution is 0.543. The van der Waals surface area contributed by atoms with Crippen LogP contribution in [0.4, 0.5) is 0 Å². The molecule has 4 unspecified atom stereocenters. The summed E-state index contributed by atoms with van der Waals surface area (Å²) in [4.78, 5) is 0. The zero-order valence-electron chi connectivity index (χ0n) is 5.33. The van der Waals surface area contributed by atoms with Gasteiger partial charge in [0.15, 0.2) is 0 Å². The summed E-state index contributed by atoms with van der Waals surface area (Å²) in [5.41, 5.74) is 0.685. The molecule has 54 valence electrons. The van der Waals surface area contributed by atoms with Crippen molar-refractivity contribution in [2.45, 2.75) is 35.4 Å². The summed E-state index contributed by atoms with van der Waals surface area (Å²) in [6.45, 7) is 0. The Labute approximate surface area is 70.2 Å². The summed E-state index contributed by atoms with van der Waals surface area (Å²) in [6, 6.07) is 0. The minimum absolute atomic E-state index is 0.493. The van der Waals surface area contributed by atoms with Gasteiger partial charge in [-0.05, 0) is 18.5 Å². The lowest BCUT2D eigenvalue weighted by Gasteiger charge is -2.29. The molecule has 0 nitrogen and oxygen atoms in total. The third-order valence-electron chi connectivity index (χ3n) is 1.87. The molecule has 0 amide bonds. The molecule has 0 N–H and O–H groups in total. The topological polar surface area (TPSA) is 0 Å². The molecule has 0 aromatic carbocycles. The first-order chi connectivity index (χ1) is 4.22. The molecule has 1 aliphatic carbocycles. The van der Waals surface area contributed by atoms with E-state index in [0.717, 1.165) is 0 Å². The van der Waals surface area contributed by atoms with Crippen LogP contribution in [0, 0.1) is 0 Å². The fraction of sp³-hybridized carbons (Fsp3) is 1.00. The van der Waals surface area contributed by atoms with E-state index >= 15 is 0 Å². The Morgan fingerprint density at radius 3 is 2.33 bits per heavy atom. The van der Waals surface area contributed by atoms with Gasteiger partial charge in [0.05, 0.1) is 0 Å². The van der Waals surface area contributed by atoms with Gasteiger partial charge in [-0.2, -0.15) is 25.3 Å². The maximum absolute atomic E-state index is 4.45. The van der Waals surface area contributed by atoms with Crippen molar-refractivity contribution < 1.29 is 0 Å². The predicted molar refractivity (Wildman–Crippen MR) is 52.9 cm³/mol. The summed E-state index contributed by atoms with van der Waals surface area (Å²) < 4.78 is 0. The Hall–Kier alpha value is 1.13. The lowest BCUT2D eigenvalue weighted by atomic mass is 9.99. The highest BCUT2D eigenvalue weighted by molar-refractivity contribution is 7.85. The highest BCUT2D eigenvalue weighted by atomic mass is 32.1. The van der Waals surface area contributed by atoms with Crippen LogP contribution in [0.25, 0.3) is 0 Å². The molecule has 0 heterocycles. The van der Waals surface area contributed by atoms with Gasteiger partial charge in [0, 0.05) is 10.5 Å². The van der Waals surface area contributed by atoms with E-state index in [1.165, 1.54) is 19.3 Å². The second kappa shape index (κ2) is 3.50. The van der Waals surface area contributed by atoms with Crippen molar-refractivity contribution in [3.8, 4) is 0 Å². The van der Waals surface area contributed by atoms with Crippen LogP contribution >= 0.6 is 34.5 Å². The van der Waals surface area contributed by atoms with Crippen molar-refractivity contribution in [3.63, 3.8) is 0 Å². The quantitative estimate of drug-likeness (QED) is 0.413. The van der Waals surface area contributed by atoms with Crippen LogP contribution < -0.4 is 0 Å². The van der Waals surface area contributed by atoms with E-state index in [-0.39, 0.29) is 0 Å². The Balaban J connectivity index is 2.41. The Bertz CT molecular complexity index is 87.1. The van der Waals surface area contributed by atoms with Crippen LogP contribution in [0.5, 0.6) is 0 Å². The van der Waals surface area contributed by atoms with E-state index in [9.17, 15) is 0 Å². The fourth-order valence-corrected chi connectivity index (χ4v) is 2.58. The van der Waals surface area contributed by atoms with Gasteiger partial charge in [-0.15, -0.1) is 9.24 Å². The second-order valence-corrected chi connectivity index (χ2v) is 4.77. The van der Waals surface area contributed by atoms with Crippen molar-refractivity contribution in [3.05, 3.63) is 0 Å². The van der Waals surface area contributed by atoms with Crippen molar-refractivity contribution in [2.75, 3.05) is 0 Å². The molecule has 4 atom stereocenters. The van der Waals surface area contributed by atoms with E-state index < -0.39 is 0 Å². The van der Waals surface area contributed by atoms with E-state index in [1.807, 2.05) is 0 Å². The van der Waals surface area contributed by atoms with Crippen LogP contribution in [-0.2, 0) is 0 Å². The zero-order chi connectivity index (χ0) is 6.85. The maximum Gasteiger partial charge on any atom is 0.0196 e. The van der Waals surface area contributed by atoms with Gasteiger partial charge in [-0.1, -0.05) is 6.42 Å². The van der Waals surface area contributed by atoms with Crippen molar-refractivity contribution in [1.82, 2.24) is 0 Å². The maximum atomic E-state index is 4.45. The zero-order valence-corrected chi connectivity index (χ0v) is 8.27. The summed E-state index contributed by atoms with van der Waals surface area (Å²) >= 11 is 8.88. The highest BCUT2D eigenvalue weighted by Crippen LogP contribution is 2.31. The minimum Gasteiger partial charge on any atom is -0.175 e. The Morgan fingerprint density at radius 1 is 1.22 bits per heavy atom. The molecule has 0 aromatic heterocycles. The largest absolute Gasteiger partial charge is 0.175 e. The monoisotopic (exact) mass is 180 g/mol. The minimum atomic E-state index is 0.493. The van der Waals surface area contributed by atoms with E-state index in [0.29, 0.717) is 16.2 Å². The summed E-state index contributed by atoms with van der Waals surface area (Å²) in [5.74, 6) is 0. The normalized spacial score (nSPS) is 45.0. The van der Waals surface area contributed by atoms with Gasteiger partial charge in [0.25, 0.3) is 0 Å². The van der Waals surface area contributed by atoms with Gasteiger partial charge in [-0.3, -0.25) is 0 Å². The molecule has 1 rings (SSSR count). The van der Waals surface area contributed by atoms with Crippen LogP contribution in [0.2, 0.25) is 0 Å². The molecule has 1 fully saturated rings. The number of hydrogen-bond donors (Lipinski definition) is 2. The smallest absolute Gasteiger partial charge is 0.0196 e. The molecular weight excluding hydrogens is 167 g/mol. The molecule has 0 saturated heterocycles. The van der Waals surface area contributed by atoms with E-state index in [1.54, 1.807) is 0 Å². The second-order valence-electron chi connectivity index (χ2n) is 2.65. The SMILES string of the molecule is PC1CCCC(S)C1S. The van der Waals surface area contributed by atoms with Gasteiger partial charge < -0.3 is 0 Å². The molecule has 1 saturated carbocycles. The molecule has 0 bridgehead atoms. The Kier molecular flexibility index (Phi) is 3.20.